The summed E-state index contributed by atoms with van der Waals surface area (Å²) < 4.78 is 10.4. The molecule has 0 aliphatic heterocycles. The van der Waals surface area contributed by atoms with Crippen molar-refractivity contribution < 1.29 is 14.3 Å². The third-order valence-electron chi connectivity index (χ3n) is 2.91. The Morgan fingerprint density at radius 1 is 1.09 bits per heavy atom. The van der Waals surface area contributed by atoms with Crippen LogP contribution >= 0.6 is 0 Å². The quantitative estimate of drug-likeness (QED) is 0.658. The molecule has 1 amide bonds. The summed E-state index contributed by atoms with van der Waals surface area (Å²) >= 11 is 0. The number of amides is 1. The first-order valence-corrected chi connectivity index (χ1v) is 6.83. The first-order chi connectivity index (χ1) is 10.7. The summed E-state index contributed by atoms with van der Waals surface area (Å²) in [6.45, 7) is 1.91. The standard InChI is InChI=1S/C17H18N2O3/c1-13-3-5-14(6-4-13)11-18-19-17(20)12-22-16-9-7-15(21-2)8-10-16/h3-11H,12H2,1-2H3,(H,19,20)/b18-11+. The minimum atomic E-state index is -0.320. The summed E-state index contributed by atoms with van der Waals surface area (Å²) in [4.78, 5) is 11.6. The second-order valence-electron chi connectivity index (χ2n) is 4.67. The average molecular weight is 298 g/mol. The van der Waals surface area contributed by atoms with Gasteiger partial charge >= 0.3 is 0 Å². The van der Waals surface area contributed by atoms with E-state index in [0.29, 0.717) is 5.75 Å². The lowest BCUT2D eigenvalue weighted by Gasteiger charge is -2.05. The molecule has 0 bridgehead atoms. The fraction of sp³-hybridized carbons (Fsp3) is 0.176. The third kappa shape index (κ3) is 4.94. The zero-order chi connectivity index (χ0) is 15.8. The molecule has 0 heterocycles. The van der Waals surface area contributed by atoms with Gasteiger partial charge in [-0.1, -0.05) is 29.8 Å². The number of carbonyl (C=O) groups excluding carboxylic acids is 1. The van der Waals surface area contributed by atoms with Crippen molar-refractivity contribution in [2.24, 2.45) is 5.10 Å². The van der Waals surface area contributed by atoms with Gasteiger partial charge in [0.1, 0.15) is 11.5 Å². The predicted molar refractivity (Wildman–Crippen MR) is 85.4 cm³/mol. The van der Waals surface area contributed by atoms with Gasteiger partial charge in [0.25, 0.3) is 5.91 Å². The molecule has 0 fully saturated rings. The van der Waals surface area contributed by atoms with E-state index in [1.807, 2.05) is 31.2 Å². The molecule has 0 aliphatic carbocycles. The lowest BCUT2D eigenvalue weighted by atomic mass is 10.2. The lowest BCUT2D eigenvalue weighted by molar-refractivity contribution is -0.123. The minimum absolute atomic E-state index is 0.0996. The van der Waals surface area contributed by atoms with Crippen molar-refractivity contribution in [2.45, 2.75) is 6.92 Å². The number of aryl methyl sites for hydroxylation is 1. The number of hydrogen-bond donors (Lipinski definition) is 1. The van der Waals surface area contributed by atoms with Gasteiger partial charge in [0.15, 0.2) is 6.61 Å². The number of ether oxygens (including phenoxy) is 2. The zero-order valence-electron chi connectivity index (χ0n) is 12.6. The fourth-order valence-electron chi connectivity index (χ4n) is 1.68. The van der Waals surface area contributed by atoms with Crippen LogP contribution in [0.3, 0.4) is 0 Å². The first-order valence-electron chi connectivity index (χ1n) is 6.83. The highest BCUT2D eigenvalue weighted by molar-refractivity contribution is 5.82. The Bertz CT molecular complexity index is 634. The molecule has 2 aromatic carbocycles. The van der Waals surface area contributed by atoms with Gasteiger partial charge in [-0.3, -0.25) is 4.79 Å². The molecule has 0 spiro atoms. The van der Waals surface area contributed by atoms with Crippen molar-refractivity contribution in [1.82, 2.24) is 5.43 Å². The SMILES string of the molecule is COc1ccc(OCC(=O)N/N=C/c2ccc(C)cc2)cc1. The molecule has 1 N–H and O–H groups in total. The smallest absolute Gasteiger partial charge is 0.277 e. The molecule has 0 saturated heterocycles. The fourth-order valence-corrected chi connectivity index (χ4v) is 1.68. The number of hydrogen-bond acceptors (Lipinski definition) is 4. The number of methoxy groups -OCH3 is 1. The monoisotopic (exact) mass is 298 g/mol. The third-order valence-corrected chi connectivity index (χ3v) is 2.91. The van der Waals surface area contributed by atoms with Crippen LogP contribution in [-0.2, 0) is 4.79 Å². The largest absolute Gasteiger partial charge is 0.497 e. The molecular weight excluding hydrogens is 280 g/mol. The molecule has 0 radical (unpaired) electrons. The van der Waals surface area contributed by atoms with Crippen LogP contribution in [0.25, 0.3) is 0 Å². The van der Waals surface area contributed by atoms with Crippen LogP contribution in [0, 0.1) is 6.92 Å². The van der Waals surface area contributed by atoms with Crippen molar-refractivity contribution in [3.8, 4) is 11.5 Å². The molecular formula is C17H18N2O3. The molecule has 0 atom stereocenters. The maximum atomic E-state index is 11.6. The highest BCUT2D eigenvalue weighted by atomic mass is 16.5. The molecule has 0 unspecified atom stereocenters. The van der Waals surface area contributed by atoms with Crippen molar-refractivity contribution in [3.05, 3.63) is 59.7 Å². The van der Waals surface area contributed by atoms with Crippen LogP contribution in [0.15, 0.2) is 53.6 Å². The Kier molecular flexibility index (Phi) is 5.54. The normalized spacial score (nSPS) is 10.5. The van der Waals surface area contributed by atoms with E-state index < -0.39 is 0 Å². The van der Waals surface area contributed by atoms with E-state index in [0.717, 1.165) is 11.3 Å². The molecule has 0 aliphatic rings. The topological polar surface area (TPSA) is 59.9 Å². The Balaban J connectivity index is 1.76. The number of nitrogens with one attached hydrogen (secondary N) is 1. The van der Waals surface area contributed by atoms with Gasteiger partial charge in [-0.25, -0.2) is 5.43 Å². The van der Waals surface area contributed by atoms with Crippen molar-refractivity contribution in [1.29, 1.82) is 0 Å². The molecule has 0 saturated carbocycles. The van der Waals surface area contributed by atoms with Crippen molar-refractivity contribution in [3.63, 3.8) is 0 Å². The van der Waals surface area contributed by atoms with Crippen LogP contribution in [0.1, 0.15) is 11.1 Å². The molecule has 2 aromatic rings. The summed E-state index contributed by atoms with van der Waals surface area (Å²) in [5.74, 6) is 1.01. The van der Waals surface area contributed by atoms with E-state index >= 15 is 0 Å². The number of carbonyl (C=O) groups is 1. The summed E-state index contributed by atoms with van der Waals surface area (Å²) in [6, 6.07) is 14.8. The second kappa shape index (κ2) is 7.83. The Labute approximate surface area is 129 Å². The van der Waals surface area contributed by atoms with Crippen LogP contribution < -0.4 is 14.9 Å². The number of nitrogens with zero attached hydrogens (tertiary/aromatic N) is 1. The van der Waals surface area contributed by atoms with E-state index in [-0.39, 0.29) is 12.5 Å². The van der Waals surface area contributed by atoms with E-state index in [1.54, 1.807) is 37.6 Å². The average Bonchev–Trinajstić information content (AvgIpc) is 2.55. The van der Waals surface area contributed by atoms with Crippen LogP contribution in [-0.4, -0.2) is 25.8 Å². The minimum Gasteiger partial charge on any atom is -0.497 e. The van der Waals surface area contributed by atoms with Gasteiger partial charge in [0, 0.05) is 0 Å². The highest BCUT2D eigenvalue weighted by Crippen LogP contribution is 2.16. The zero-order valence-corrected chi connectivity index (χ0v) is 12.6. The molecule has 0 aromatic heterocycles. The summed E-state index contributed by atoms with van der Waals surface area (Å²) in [5, 5.41) is 3.89. The van der Waals surface area contributed by atoms with Gasteiger partial charge in [-0.2, -0.15) is 5.10 Å². The number of rotatable bonds is 6. The Hall–Kier alpha value is -2.82. The van der Waals surface area contributed by atoms with E-state index in [9.17, 15) is 4.79 Å². The summed E-state index contributed by atoms with van der Waals surface area (Å²) in [6.07, 6.45) is 1.59. The first kappa shape index (κ1) is 15.6. The van der Waals surface area contributed by atoms with E-state index in [4.69, 9.17) is 9.47 Å². The van der Waals surface area contributed by atoms with Crippen molar-refractivity contribution in [2.75, 3.05) is 13.7 Å². The molecule has 22 heavy (non-hydrogen) atoms. The second-order valence-corrected chi connectivity index (χ2v) is 4.67. The maximum Gasteiger partial charge on any atom is 0.277 e. The Morgan fingerprint density at radius 3 is 2.36 bits per heavy atom. The van der Waals surface area contributed by atoms with E-state index in [1.165, 1.54) is 5.56 Å². The molecule has 5 heteroatoms. The summed E-state index contributed by atoms with van der Waals surface area (Å²) in [5.41, 5.74) is 4.51. The van der Waals surface area contributed by atoms with Crippen LogP contribution in [0.4, 0.5) is 0 Å². The number of benzene rings is 2. The van der Waals surface area contributed by atoms with Gasteiger partial charge in [-0.15, -0.1) is 0 Å². The van der Waals surface area contributed by atoms with Gasteiger partial charge in [0.2, 0.25) is 0 Å². The van der Waals surface area contributed by atoms with Gasteiger partial charge < -0.3 is 9.47 Å². The molecule has 2 rings (SSSR count). The highest BCUT2D eigenvalue weighted by Gasteiger charge is 2.01. The van der Waals surface area contributed by atoms with Gasteiger partial charge in [-0.05, 0) is 36.8 Å². The van der Waals surface area contributed by atoms with Crippen molar-refractivity contribution >= 4 is 12.1 Å². The van der Waals surface area contributed by atoms with Crippen LogP contribution in [0.2, 0.25) is 0 Å². The molecule has 114 valence electrons. The van der Waals surface area contributed by atoms with Crippen LogP contribution in [0.5, 0.6) is 11.5 Å². The summed E-state index contributed by atoms with van der Waals surface area (Å²) in [7, 11) is 1.59. The van der Waals surface area contributed by atoms with E-state index in [2.05, 4.69) is 10.5 Å². The number of hydrazone groups is 1. The molecule has 5 nitrogen and oxygen atoms in total. The Morgan fingerprint density at radius 2 is 1.73 bits per heavy atom. The van der Waals surface area contributed by atoms with Gasteiger partial charge in [0.05, 0.1) is 13.3 Å². The lowest BCUT2D eigenvalue weighted by Crippen LogP contribution is -2.24. The predicted octanol–water partition coefficient (Wildman–Crippen LogP) is 2.53. The maximum absolute atomic E-state index is 11.6.